The molecule has 0 spiro atoms. The first kappa shape index (κ1) is 12.1. The molecule has 1 unspecified atom stereocenters. The van der Waals surface area contributed by atoms with Gasteiger partial charge in [-0.25, -0.2) is 0 Å². The molecule has 0 radical (unpaired) electrons. The molecule has 3 nitrogen and oxygen atoms in total. The van der Waals surface area contributed by atoms with Gasteiger partial charge in [-0.1, -0.05) is 6.42 Å². The summed E-state index contributed by atoms with van der Waals surface area (Å²) in [7, 11) is 0. The molecule has 1 aliphatic rings. The van der Waals surface area contributed by atoms with Crippen LogP contribution in [0.1, 0.15) is 32.6 Å². The fraction of sp³-hybridized carbons (Fsp3) is 0.750. The first-order valence-electron chi connectivity index (χ1n) is 5.66. The van der Waals surface area contributed by atoms with Crippen LogP contribution in [0, 0.1) is 18.3 Å². The largest absolute Gasteiger partial charge is 0.341 e. The third-order valence-electron chi connectivity index (χ3n) is 3.05. The molecular weight excluding hydrogens is 188 g/mol. The van der Waals surface area contributed by atoms with Crippen molar-refractivity contribution in [3.05, 3.63) is 0 Å². The van der Waals surface area contributed by atoms with Gasteiger partial charge in [0.25, 0.3) is 0 Å². The Morgan fingerprint density at radius 1 is 1.67 bits per heavy atom. The average molecular weight is 208 g/mol. The summed E-state index contributed by atoms with van der Waals surface area (Å²) >= 11 is 0. The van der Waals surface area contributed by atoms with Crippen LogP contribution in [0.2, 0.25) is 0 Å². The van der Waals surface area contributed by atoms with Crippen molar-refractivity contribution in [1.82, 2.24) is 4.90 Å². The van der Waals surface area contributed by atoms with Gasteiger partial charge < -0.3 is 10.6 Å². The standard InChI is InChI=1S/C12H20N2O/c1-3-6-11(13)12(15)14(4-2)9-10-7-5-8-10/h1,10-11H,4-9,13H2,2H3. The zero-order chi connectivity index (χ0) is 11.3. The summed E-state index contributed by atoms with van der Waals surface area (Å²) in [6, 6.07) is -0.518. The third-order valence-corrected chi connectivity index (χ3v) is 3.05. The van der Waals surface area contributed by atoms with E-state index in [-0.39, 0.29) is 5.91 Å². The molecule has 15 heavy (non-hydrogen) atoms. The molecule has 0 heterocycles. The van der Waals surface area contributed by atoms with Gasteiger partial charge in [-0.2, -0.15) is 0 Å². The van der Waals surface area contributed by atoms with E-state index in [9.17, 15) is 4.79 Å². The fourth-order valence-electron chi connectivity index (χ4n) is 1.81. The van der Waals surface area contributed by atoms with Crippen molar-refractivity contribution in [2.45, 2.75) is 38.6 Å². The number of hydrogen-bond acceptors (Lipinski definition) is 2. The number of hydrogen-bond donors (Lipinski definition) is 1. The van der Waals surface area contributed by atoms with E-state index in [1.54, 1.807) is 0 Å². The van der Waals surface area contributed by atoms with Crippen molar-refractivity contribution in [1.29, 1.82) is 0 Å². The van der Waals surface area contributed by atoms with Gasteiger partial charge in [-0.15, -0.1) is 12.3 Å². The van der Waals surface area contributed by atoms with Crippen LogP contribution >= 0.6 is 0 Å². The maximum atomic E-state index is 11.8. The van der Waals surface area contributed by atoms with E-state index in [4.69, 9.17) is 12.2 Å². The van der Waals surface area contributed by atoms with Crippen LogP contribution in [0.5, 0.6) is 0 Å². The molecule has 1 atom stereocenters. The maximum Gasteiger partial charge on any atom is 0.240 e. The molecule has 84 valence electrons. The van der Waals surface area contributed by atoms with E-state index in [1.807, 2.05) is 11.8 Å². The van der Waals surface area contributed by atoms with Gasteiger partial charge in [0.1, 0.15) is 0 Å². The minimum atomic E-state index is -0.518. The summed E-state index contributed by atoms with van der Waals surface area (Å²) in [6.45, 7) is 3.57. The molecule has 0 aromatic heterocycles. The lowest BCUT2D eigenvalue weighted by molar-refractivity contribution is -0.133. The lowest BCUT2D eigenvalue weighted by Gasteiger charge is -2.32. The van der Waals surface area contributed by atoms with E-state index < -0.39 is 6.04 Å². The van der Waals surface area contributed by atoms with Gasteiger partial charge in [0, 0.05) is 19.5 Å². The molecule has 3 heteroatoms. The minimum Gasteiger partial charge on any atom is -0.341 e. The molecule has 0 saturated heterocycles. The number of rotatable bonds is 5. The predicted molar refractivity (Wildman–Crippen MR) is 61.0 cm³/mol. The number of carbonyl (C=O) groups is 1. The Morgan fingerprint density at radius 3 is 2.73 bits per heavy atom. The van der Waals surface area contributed by atoms with Gasteiger partial charge in [0.2, 0.25) is 5.91 Å². The van der Waals surface area contributed by atoms with E-state index in [0.29, 0.717) is 12.3 Å². The summed E-state index contributed by atoms with van der Waals surface area (Å²) in [4.78, 5) is 13.7. The molecule has 1 saturated carbocycles. The highest BCUT2D eigenvalue weighted by atomic mass is 16.2. The fourth-order valence-corrected chi connectivity index (χ4v) is 1.81. The third kappa shape index (κ3) is 3.24. The molecule has 1 rings (SSSR count). The Morgan fingerprint density at radius 2 is 2.33 bits per heavy atom. The Hall–Kier alpha value is -1.01. The maximum absolute atomic E-state index is 11.8. The van der Waals surface area contributed by atoms with E-state index in [0.717, 1.165) is 13.1 Å². The molecular formula is C12H20N2O. The number of likely N-dealkylation sites (N-methyl/N-ethyl adjacent to an activating group) is 1. The van der Waals surface area contributed by atoms with Crippen LogP contribution in [0.4, 0.5) is 0 Å². The van der Waals surface area contributed by atoms with Gasteiger partial charge in [0.15, 0.2) is 0 Å². The van der Waals surface area contributed by atoms with E-state index >= 15 is 0 Å². The highest BCUT2D eigenvalue weighted by Crippen LogP contribution is 2.27. The second kappa shape index (κ2) is 5.77. The zero-order valence-electron chi connectivity index (χ0n) is 9.41. The van der Waals surface area contributed by atoms with Crippen molar-refractivity contribution < 1.29 is 4.79 Å². The van der Waals surface area contributed by atoms with Gasteiger partial charge in [-0.05, 0) is 25.7 Å². The summed E-state index contributed by atoms with van der Waals surface area (Å²) in [5, 5.41) is 0. The van der Waals surface area contributed by atoms with Crippen LogP contribution in [-0.4, -0.2) is 29.9 Å². The average Bonchev–Trinajstić information content (AvgIpc) is 2.16. The number of nitrogens with zero attached hydrogens (tertiary/aromatic N) is 1. The first-order chi connectivity index (χ1) is 7.19. The topological polar surface area (TPSA) is 46.3 Å². The SMILES string of the molecule is C#CCC(N)C(=O)N(CC)CC1CCC1. The normalized spacial score (nSPS) is 17.7. The second-order valence-corrected chi connectivity index (χ2v) is 4.19. The van der Waals surface area contributed by atoms with Crippen LogP contribution in [0.25, 0.3) is 0 Å². The predicted octanol–water partition coefficient (Wildman–Crippen LogP) is 0.986. The Balaban J connectivity index is 2.42. The molecule has 1 aliphatic carbocycles. The van der Waals surface area contributed by atoms with Crippen LogP contribution in [-0.2, 0) is 4.79 Å². The number of nitrogens with two attached hydrogens (primary N) is 1. The highest BCUT2D eigenvalue weighted by Gasteiger charge is 2.25. The van der Waals surface area contributed by atoms with Crippen molar-refractivity contribution >= 4 is 5.91 Å². The Kier molecular flexibility index (Phi) is 4.64. The van der Waals surface area contributed by atoms with Crippen molar-refractivity contribution in [2.75, 3.05) is 13.1 Å². The number of terminal acetylenes is 1. The molecule has 1 amide bonds. The van der Waals surface area contributed by atoms with Gasteiger partial charge in [-0.3, -0.25) is 4.79 Å². The monoisotopic (exact) mass is 208 g/mol. The molecule has 0 bridgehead atoms. The highest BCUT2D eigenvalue weighted by molar-refractivity contribution is 5.81. The molecule has 2 N–H and O–H groups in total. The number of amides is 1. The summed E-state index contributed by atoms with van der Waals surface area (Å²) in [6.07, 6.45) is 9.27. The van der Waals surface area contributed by atoms with Gasteiger partial charge >= 0.3 is 0 Å². The van der Waals surface area contributed by atoms with Crippen LogP contribution in [0.3, 0.4) is 0 Å². The summed E-state index contributed by atoms with van der Waals surface area (Å²) < 4.78 is 0. The molecule has 1 fully saturated rings. The first-order valence-corrected chi connectivity index (χ1v) is 5.66. The van der Waals surface area contributed by atoms with Crippen LogP contribution < -0.4 is 5.73 Å². The molecule has 0 aliphatic heterocycles. The molecule has 0 aromatic carbocycles. The number of carbonyl (C=O) groups excluding carboxylic acids is 1. The van der Waals surface area contributed by atoms with Crippen LogP contribution in [0.15, 0.2) is 0 Å². The van der Waals surface area contributed by atoms with Crippen molar-refractivity contribution in [3.63, 3.8) is 0 Å². The molecule has 0 aromatic rings. The van der Waals surface area contributed by atoms with Gasteiger partial charge in [0.05, 0.1) is 6.04 Å². The Labute approximate surface area is 92.0 Å². The van der Waals surface area contributed by atoms with E-state index in [1.165, 1.54) is 19.3 Å². The lowest BCUT2D eigenvalue weighted by Crippen LogP contribution is -2.46. The lowest BCUT2D eigenvalue weighted by atomic mass is 9.85. The van der Waals surface area contributed by atoms with Crippen molar-refractivity contribution in [2.24, 2.45) is 11.7 Å². The second-order valence-electron chi connectivity index (χ2n) is 4.19. The van der Waals surface area contributed by atoms with E-state index in [2.05, 4.69) is 5.92 Å². The minimum absolute atomic E-state index is 0.00218. The summed E-state index contributed by atoms with van der Waals surface area (Å²) in [5.74, 6) is 3.13. The Bertz CT molecular complexity index is 253. The van der Waals surface area contributed by atoms with Crippen molar-refractivity contribution in [3.8, 4) is 12.3 Å². The zero-order valence-corrected chi connectivity index (χ0v) is 9.41. The smallest absolute Gasteiger partial charge is 0.240 e. The summed E-state index contributed by atoms with van der Waals surface area (Å²) in [5.41, 5.74) is 5.71. The quantitative estimate of drug-likeness (QED) is 0.685.